The molecule has 0 unspecified atom stereocenters. The number of nitrogens with zero attached hydrogens (tertiary/aromatic N) is 4. The molecule has 1 saturated carbocycles. The van der Waals surface area contributed by atoms with Crippen molar-refractivity contribution in [1.82, 2.24) is 14.5 Å². The van der Waals surface area contributed by atoms with E-state index >= 15 is 0 Å². The van der Waals surface area contributed by atoms with Crippen molar-refractivity contribution in [3.63, 3.8) is 0 Å². The Balaban J connectivity index is 1.64. The zero-order valence-electron chi connectivity index (χ0n) is 16.1. The van der Waals surface area contributed by atoms with Crippen molar-refractivity contribution in [3.05, 3.63) is 59.2 Å². The zero-order valence-corrected chi connectivity index (χ0v) is 16.1. The first-order valence-electron chi connectivity index (χ1n) is 10.2. The molecule has 2 heterocycles. The summed E-state index contributed by atoms with van der Waals surface area (Å²) in [6.45, 7) is 0.995. The minimum Gasteiger partial charge on any atom is -0.392 e. The Hall–Kier alpha value is -2.71. The van der Waals surface area contributed by atoms with Crippen molar-refractivity contribution in [2.75, 3.05) is 0 Å². The van der Waals surface area contributed by atoms with E-state index in [0.717, 1.165) is 41.9 Å². The normalized spacial score (nSPS) is 15.0. The fourth-order valence-corrected chi connectivity index (χ4v) is 4.30. The Morgan fingerprint density at radius 1 is 1.11 bits per heavy atom. The molecule has 0 aliphatic heterocycles. The summed E-state index contributed by atoms with van der Waals surface area (Å²) in [7, 11) is 0. The van der Waals surface area contributed by atoms with Gasteiger partial charge in [-0.3, -0.25) is 0 Å². The van der Waals surface area contributed by atoms with Crippen molar-refractivity contribution >= 4 is 11.0 Å². The average Bonchev–Trinajstić information content (AvgIpc) is 3.09. The van der Waals surface area contributed by atoms with E-state index < -0.39 is 0 Å². The molecule has 1 aliphatic carbocycles. The van der Waals surface area contributed by atoms with Gasteiger partial charge in [0.15, 0.2) is 0 Å². The number of aliphatic hydroxyl groups excluding tert-OH is 1. The highest BCUT2D eigenvalue weighted by atomic mass is 16.3. The van der Waals surface area contributed by atoms with Crippen LogP contribution in [0.4, 0.5) is 0 Å². The maximum atomic E-state index is 9.26. The molecule has 0 bridgehead atoms. The van der Waals surface area contributed by atoms with Gasteiger partial charge in [0.1, 0.15) is 11.7 Å². The molecule has 0 spiro atoms. The molecule has 1 aromatic carbocycles. The van der Waals surface area contributed by atoms with Crippen molar-refractivity contribution in [1.29, 1.82) is 5.26 Å². The second-order valence-electron chi connectivity index (χ2n) is 7.82. The third kappa shape index (κ3) is 4.07. The van der Waals surface area contributed by atoms with Gasteiger partial charge >= 0.3 is 0 Å². The molecule has 0 amide bonds. The van der Waals surface area contributed by atoms with Gasteiger partial charge < -0.3 is 9.67 Å². The Bertz CT molecular complexity index is 978. The van der Waals surface area contributed by atoms with Gasteiger partial charge in [0.2, 0.25) is 5.82 Å². The topological polar surface area (TPSA) is 74.7 Å². The first-order chi connectivity index (χ1) is 13.8. The molecular weight excluding hydrogens is 348 g/mol. The van der Waals surface area contributed by atoms with E-state index in [1.165, 1.54) is 43.4 Å². The predicted octanol–water partition coefficient (Wildman–Crippen LogP) is 4.36. The van der Waals surface area contributed by atoms with Crippen LogP contribution in [0.25, 0.3) is 11.0 Å². The fraction of sp³-hybridized carbons (Fsp3) is 0.435. The summed E-state index contributed by atoms with van der Waals surface area (Å²) < 4.78 is 2.28. The first-order valence-corrected chi connectivity index (χ1v) is 10.2. The van der Waals surface area contributed by atoms with Crippen LogP contribution in [0.3, 0.4) is 0 Å². The van der Waals surface area contributed by atoms with Crippen LogP contribution < -0.4 is 0 Å². The molecule has 0 radical (unpaired) electrons. The molecular formula is C23H26N4O. The van der Waals surface area contributed by atoms with Crippen molar-refractivity contribution in [3.8, 4) is 6.07 Å². The van der Waals surface area contributed by atoms with Crippen LogP contribution >= 0.6 is 0 Å². The second kappa shape index (κ2) is 8.53. The predicted molar refractivity (Wildman–Crippen MR) is 109 cm³/mol. The number of nitriles is 1. The van der Waals surface area contributed by atoms with E-state index in [0.29, 0.717) is 0 Å². The second-order valence-corrected chi connectivity index (χ2v) is 7.82. The molecule has 28 heavy (non-hydrogen) atoms. The molecule has 0 saturated heterocycles. The van der Waals surface area contributed by atoms with Gasteiger partial charge in [-0.2, -0.15) is 5.26 Å². The lowest BCUT2D eigenvalue weighted by atomic mass is 9.87. The number of fused-ring (bicyclic) bond motifs is 1. The quantitative estimate of drug-likeness (QED) is 0.696. The van der Waals surface area contributed by atoms with Crippen molar-refractivity contribution in [2.24, 2.45) is 5.92 Å². The number of benzene rings is 1. The largest absolute Gasteiger partial charge is 0.392 e. The summed E-state index contributed by atoms with van der Waals surface area (Å²) in [6.07, 6.45) is 10.4. The van der Waals surface area contributed by atoms with E-state index in [-0.39, 0.29) is 12.4 Å². The summed E-state index contributed by atoms with van der Waals surface area (Å²) in [5.41, 5.74) is 4.19. The Morgan fingerprint density at radius 3 is 2.57 bits per heavy atom. The van der Waals surface area contributed by atoms with E-state index in [4.69, 9.17) is 0 Å². The van der Waals surface area contributed by atoms with Gasteiger partial charge in [0.25, 0.3) is 0 Å². The molecule has 144 valence electrons. The lowest BCUT2D eigenvalue weighted by molar-refractivity contribution is 0.282. The Kier molecular flexibility index (Phi) is 5.68. The lowest BCUT2D eigenvalue weighted by Crippen LogP contribution is -2.12. The molecule has 5 nitrogen and oxygen atoms in total. The lowest BCUT2D eigenvalue weighted by Gasteiger charge is -2.22. The molecule has 5 heteroatoms. The molecule has 2 aromatic heterocycles. The van der Waals surface area contributed by atoms with Crippen molar-refractivity contribution < 1.29 is 5.11 Å². The molecule has 0 atom stereocenters. The third-order valence-corrected chi connectivity index (χ3v) is 5.90. The maximum Gasteiger partial charge on any atom is 0.234 e. The standard InChI is InChI=1S/C23H26N4O/c24-14-22-25-15-20-13-21(12-18-6-8-19(16-28)9-7-18)27(23(20)26-22)11-10-17-4-2-1-3-5-17/h6-9,13,15,17,28H,1-5,10-12,16H2. The number of hydrogen-bond acceptors (Lipinski definition) is 4. The highest BCUT2D eigenvalue weighted by molar-refractivity contribution is 5.77. The van der Waals surface area contributed by atoms with Gasteiger partial charge in [-0.1, -0.05) is 56.4 Å². The summed E-state index contributed by atoms with van der Waals surface area (Å²) in [5, 5.41) is 19.5. The molecule has 1 fully saturated rings. The molecule has 3 aromatic rings. The summed E-state index contributed by atoms with van der Waals surface area (Å²) in [5.74, 6) is 1.02. The summed E-state index contributed by atoms with van der Waals surface area (Å²) >= 11 is 0. The van der Waals surface area contributed by atoms with Gasteiger partial charge in [0.05, 0.1) is 6.61 Å². The van der Waals surface area contributed by atoms with Gasteiger partial charge in [-0.05, 0) is 29.5 Å². The SMILES string of the molecule is N#Cc1ncc2cc(Cc3ccc(CO)cc3)n(CCC3CCCCC3)c2n1. The number of aromatic nitrogens is 3. The van der Waals surface area contributed by atoms with E-state index in [1.54, 1.807) is 6.20 Å². The van der Waals surface area contributed by atoms with Gasteiger partial charge in [-0.15, -0.1) is 0 Å². The van der Waals surface area contributed by atoms with Gasteiger partial charge in [-0.25, -0.2) is 9.97 Å². The minimum atomic E-state index is 0.0639. The van der Waals surface area contributed by atoms with Crippen LogP contribution in [0.15, 0.2) is 36.5 Å². The van der Waals surface area contributed by atoms with Crippen LogP contribution in [-0.4, -0.2) is 19.6 Å². The van der Waals surface area contributed by atoms with Gasteiger partial charge in [0, 0.05) is 30.2 Å². The smallest absolute Gasteiger partial charge is 0.234 e. The number of aryl methyl sites for hydroxylation is 1. The highest BCUT2D eigenvalue weighted by Gasteiger charge is 2.17. The van der Waals surface area contributed by atoms with E-state index in [1.807, 2.05) is 12.1 Å². The van der Waals surface area contributed by atoms with E-state index in [9.17, 15) is 10.4 Å². The number of rotatable bonds is 6. The molecule has 4 rings (SSSR count). The first kappa shape index (κ1) is 18.6. The average molecular weight is 374 g/mol. The Labute approximate surface area is 165 Å². The summed E-state index contributed by atoms with van der Waals surface area (Å²) in [6, 6.07) is 12.3. The Morgan fingerprint density at radius 2 is 1.86 bits per heavy atom. The highest BCUT2D eigenvalue weighted by Crippen LogP contribution is 2.28. The van der Waals surface area contributed by atoms with Crippen LogP contribution in [0.1, 0.15) is 61.2 Å². The van der Waals surface area contributed by atoms with Crippen molar-refractivity contribution in [2.45, 2.75) is 58.1 Å². The fourth-order valence-electron chi connectivity index (χ4n) is 4.30. The number of hydrogen-bond donors (Lipinski definition) is 1. The van der Waals surface area contributed by atoms with Crippen LogP contribution in [0.5, 0.6) is 0 Å². The van der Waals surface area contributed by atoms with Crippen LogP contribution in [-0.2, 0) is 19.6 Å². The minimum absolute atomic E-state index is 0.0639. The molecule has 1 N–H and O–H groups in total. The van der Waals surface area contributed by atoms with Crippen LogP contribution in [0, 0.1) is 17.2 Å². The third-order valence-electron chi connectivity index (χ3n) is 5.90. The molecule has 1 aliphatic rings. The van der Waals surface area contributed by atoms with Crippen LogP contribution in [0.2, 0.25) is 0 Å². The maximum absolute atomic E-state index is 9.26. The summed E-state index contributed by atoms with van der Waals surface area (Å²) in [4.78, 5) is 8.65. The number of aliphatic hydroxyl groups is 1. The monoisotopic (exact) mass is 374 g/mol. The zero-order chi connectivity index (χ0) is 19.3. The van der Waals surface area contributed by atoms with E-state index in [2.05, 4.69) is 38.8 Å².